The van der Waals surface area contributed by atoms with E-state index in [0.717, 1.165) is 43.6 Å². The molecule has 0 saturated carbocycles. The van der Waals surface area contributed by atoms with Crippen LogP contribution in [-0.2, 0) is 13.0 Å². The SMILES string of the molecule is CN=C(NCCSC)NCCc1nccn1Cc1ccccc1.I. The number of guanidine groups is 1. The molecule has 0 aliphatic heterocycles. The monoisotopic (exact) mass is 459 g/mol. The Morgan fingerprint density at radius 1 is 1.21 bits per heavy atom. The Kier molecular flexibility index (Phi) is 10.6. The molecule has 24 heavy (non-hydrogen) atoms. The number of hydrogen-bond acceptors (Lipinski definition) is 3. The molecule has 2 aromatic rings. The average molecular weight is 459 g/mol. The molecule has 5 nitrogen and oxygen atoms in total. The van der Waals surface area contributed by atoms with Crippen molar-refractivity contribution in [1.29, 1.82) is 0 Å². The normalized spacial score (nSPS) is 11.0. The van der Waals surface area contributed by atoms with Gasteiger partial charge < -0.3 is 15.2 Å². The van der Waals surface area contributed by atoms with Gasteiger partial charge >= 0.3 is 0 Å². The van der Waals surface area contributed by atoms with Gasteiger partial charge in [0.05, 0.1) is 0 Å². The van der Waals surface area contributed by atoms with E-state index in [2.05, 4.69) is 55.7 Å². The zero-order chi connectivity index (χ0) is 16.3. The van der Waals surface area contributed by atoms with E-state index >= 15 is 0 Å². The van der Waals surface area contributed by atoms with Crippen molar-refractivity contribution in [3.05, 3.63) is 54.1 Å². The number of aliphatic imine (C=N–C) groups is 1. The number of halogens is 1. The van der Waals surface area contributed by atoms with Gasteiger partial charge in [0.1, 0.15) is 5.82 Å². The van der Waals surface area contributed by atoms with Crippen LogP contribution in [0.15, 0.2) is 47.7 Å². The Balaban J connectivity index is 0.00000288. The molecule has 0 radical (unpaired) electrons. The third kappa shape index (κ3) is 7.12. The summed E-state index contributed by atoms with van der Waals surface area (Å²) in [5.74, 6) is 3.00. The van der Waals surface area contributed by atoms with Crippen LogP contribution in [0.25, 0.3) is 0 Å². The topological polar surface area (TPSA) is 54.2 Å². The van der Waals surface area contributed by atoms with Crippen LogP contribution in [-0.4, -0.2) is 47.7 Å². The highest BCUT2D eigenvalue weighted by atomic mass is 127. The molecular weight excluding hydrogens is 433 g/mol. The molecule has 0 bridgehead atoms. The maximum Gasteiger partial charge on any atom is 0.191 e. The number of aromatic nitrogens is 2. The molecule has 1 aromatic carbocycles. The molecule has 0 saturated heterocycles. The summed E-state index contributed by atoms with van der Waals surface area (Å²) in [6, 6.07) is 10.5. The van der Waals surface area contributed by atoms with Crippen molar-refractivity contribution in [2.24, 2.45) is 4.99 Å². The third-order valence-corrected chi connectivity index (χ3v) is 4.07. The predicted octanol–water partition coefficient (Wildman–Crippen LogP) is 2.62. The summed E-state index contributed by atoms with van der Waals surface area (Å²) in [6.45, 7) is 2.59. The molecular formula is C17H26IN5S. The third-order valence-electron chi connectivity index (χ3n) is 3.46. The fourth-order valence-electron chi connectivity index (χ4n) is 2.28. The van der Waals surface area contributed by atoms with E-state index in [1.165, 1.54) is 5.56 Å². The van der Waals surface area contributed by atoms with Crippen molar-refractivity contribution in [2.45, 2.75) is 13.0 Å². The first kappa shape index (κ1) is 20.8. The molecule has 0 aliphatic rings. The Labute approximate surface area is 165 Å². The van der Waals surface area contributed by atoms with Crippen molar-refractivity contribution in [3.63, 3.8) is 0 Å². The van der Waals surface area contributed by atoms with Crippen LogP contribution in [0.1, 0.15) is 11.4 Å². The van der Waals surface area contributed by atoms with Gasteiger partial charge in [-0.15, -0.1) is 24.0 Å². The zero-order valence-corrected chi connectivity index (χ0v) is 17.4. The lowest BCUT2D eigenvalue weighted by Gasteiger charge is -2.12. The van der Waals surface area contributed by atoms with Crippen LogP contribution in [0.5, 0.6) is 0 Å². The Morgan fingerprint density at radius 3 is 2.67 bits per heavy atom. The highest BCUT2D eigenvalue weighted by Crippen LogP contribution is 2.05. The minimum Gasteiger partial charge on any atom is -0.356 e. The van der Waals surface area contributed by atoms with Crippen LogP contribution < -0.4 is 10.6 Å². The number of imidazole rings is 1. The van der Waals surface area contributed by atoms with Crippen LogP contribution >= 0.6 is 35.7 Å². The predicted molar refractivity (Wildman–Crippen MR) is 115 cm³/mol. The van der Waals surface area contributed by atoms with Crippen LogP contribution in [0.3, 0.4) is 0 Å². The summed E-state index contributed by atoms with van der Waals surface area (Å²) in [5.41, 5.74) is 1.29. The second kappa shape index (κ2) is 12.2. The van der Waals surface area contributed by atoms with Gasteiger partial charge in [0.15, 0.2) is 5.96 Å². The maximum absolute atomic E-state index is 4.47. The summed E-state index contributed by atoms with van der Waals surface area (Å²) in [5, 5.41) is 6.63. The molecule has 0 aliphatic carbocycles. The van der Waals surface area contributed by atoms with E-state index in [4.69, 9.17) is 0 Å². The number of benzene rings is 1. The van der Waals surface area contributed by atoms with Gasteiger partial charge in [-0.2, -0.15) is 11.8 Å². The second-order valence-electron chi connectivity index (χ2n) is 5.13. The zero-order valence-electron chi connectivity index (χ0n) is 14.2. The lowest BCUT2D eigenvalue weighted by molar-refractivity contribution is 0.696. The van der Waals surface area contributed by atoms with E-state index in [1.54, 1.807) is 7.05 Å². The highest BCUT2D eigenvalue weighted by Gasteiger charge is 2.04. The van der Waals surface area contributed by atoms with Crippen molar-refractivity contribution >= 4 is 41.7 Å². The van der Waals surface area contributed by atoms with E-state index in [-0.39, 0.29) is 24.0 Å². The van der Waals surface area contributed by atoms with Crippen LogP contribution in [0.2, 0.25) is 0 Å². The largest absolute Gasteiger partial charge is 0.356 e. The minimum absolute atomic E-state index is 0. The number of nitrogens with one attached hydrogen (secondary N) is 2. The van der Waals surface area contributed by atoms with Gasteiger partial charge in [-0.25, -0.2) is 4.98 Å². The van der Waals surface area contributed by atoms with Gasteiger partial charge in [-0.05, 0) is 11.8 Å². The molecule has 0 amide bonds. The molecule has 1 aromatic heterocycles. The van der Waals surface area contributed by atoms with Crippen molar-refractivity contribution in [2.75, 3.05) is 32.1 Å². The Bertz CT molecular complexity index is 600. The molecule has 7 heteroatoms. The minimum atomic E-state index is 0. The lowest BCUT2D eigenvalue weighted by Crippen LogP contribution is -2.39. The van der Waals surface area contributed by atoms with E-state index < -0.39 is 0 Å². The first-order valence-electron chi connectivity index (χ1n) is 7.81. The smallest absolute Gasteiger partial charge is 0.191 e. The van der Waals surface area contributed by atoms with E-state index in [1.807, 2.05) is 30.2 Å². The molecule has 0 atom stereocenters. The summed E-state index contributed by atoms with van der Waals surface area (Å²) < 4.78 is 2.20. The van der Waals surface area contributed by atoms with Crippen molar-refractivity contribution < 1.29 is 0 Å². The lowest BCUT2D eigenvalue weighted by atomic mass is 10.2. The Morgan fingerprint density at radius 2 is 1.96 bits per heavy atom. The van der Waals surface area contributed by atoms with Gasteiger partial charge in [0, 0.05) is 51.2 Å². The van der Waals surface area contributed by atoms with Crippen LogP contribution in [0.4, 0.5) is 0 Å². The number of rotatable bonds is 8. The second-order valence-corrected chi connectivity index (χ2v) is 6.11. The fourth-order valence-corrected chi connectivity index (χ4v) is 2.58. The molecule has 0 fully saturated rings. The van der Waals surface area contributed by atoms with Crippen molar-refractivity contribution in [1.82, 2.24) is 20.2 Å². The van der Waals surface area contributed by atoms with Crippen molar-refractivity contribution in [3.8, 4) is 0 Å². The van der Waals surface area contributed by atoms with E-state index in [9.17, 15) is 0 Å². The number of nitrogens with zero attached hydrogens (tertiary/aromatic N) is 3. The summed E-state index contributed by atoms with van der Waals surface area (Å²) in [6.07, 6.45) is 6.87. The van der Waals surface area contributed by atoms with Gasteiger partial charge in [-0.1, -0.05) is 30.3 Å². The number of thioether (sulfide) groups is 1. The fraction of sp³-hybridized carbons (Fsp3) is 0.412. The quantitative estimate of drug-likeness (QED) is 0.276. The molecule has 132 valence electrons. The first-order valence-corrected chi connectivity index (χ1v) is 9.20. The Hall–Kier alpha value is -1.22. The summed E-state index contributed by atoms with van der Waals surface area (Å²) in [7, 11) is 1.80. The van der Waals surface area contributed by atoms with Gasteiger partial charge in [0.2, 0.25) is 0 Å². The molecule has 0 unspecified atom stereocenters. The number of hydrogen-bond donors (Lipinski definition) is 2. The first-order chi connectivity index (χ1) is 11.3. The van der Waals surface area contributed by atoms with E-state index in [0.29, 0.717) is 0 Å². The average Bonchev–Trinajstić information content (AvgIpc) is 3.01. The molecule has 1 heterocycles. The molecule has 2 N–H and O–H groups in total. The molecule has 2 rings (SSSR count). The highest BCUT2D eigenvalue weighted by molar-refractivity contribution is 14.0. The van der Waals surface area contributed by atoms with Gasteiger partial charge in [0.25, 0.3) is 0 Å². The molecule has 0 spiro atoms. The summed E-state index contributed by atoms with van der Waals surface area (Å²) >= 11 is 1.82. The van der Waals surface area contributed by atoms with Crippen LogP contribution in [0, 0.1) is 0 Å². The standard InChI is InChI=1S/C17H25N5S.HI/c1-18-17(21-11-13-23-2)20-9-8-16-19-10-12-22(16)14-15-6-4-3-5-7-15;/h3-7,10,12H,8-9,11,13-14H2,1-2H3,(H2,18,20,21);1H. The van der Waals surface area contributed by atoms with Gasteiger partial charge in [-0.3, -0.25) is 4.99 Å². The summed E-state index contributed by atoms with van der Waals surface area (Å²) in [4.78, 5) is 8.70. The maximum atomic E-state index is 4.47.